The zero-order valence-corrected chi connectivity index (χ0v) is 10.3. The number of hydrogen-bond donors (Lipinski definition) is 1. The van der Waals surface area contributed by atoms with Crippen molar-refractivity contribution in [2.45, 2.75) is 26.1 Å². The second-order valence-electron chi connectivity index (χ2n) is 4.32. The van der Waals surface area contributed by atoms with Gasteiger partial charge in [-0.05, 0) is 19.1 Å². The minimum absolute atomic E-state index is 0.0820. The number of benzene rings is 1. The summed E-state index contributed by atoms with van der Waals surface area (Å²) in [5.74, 6) is -0.968. The van der Waals surface area contributed by atoms with E-state index in [9.17, 15) is 18.0 Å². The Morgan fingerprint density at radius 2 is 2.05 bits per heavy atom. The van der Waals surface area contributed by atoms with Crippen molar-refractivity contribution in [2.75, 3.05) is 0 Å². The lowest BCUT2D eigenvalue weighted by molar-refractivity contribution is -0.222. The average Bonchev–Trinajstić information content (AvgIpc) is 2.66. The fourth-order valence-electron chi connectivity index (χ4n) is 1.95. The quantitative estimate of drug-likeness (QED) is 0.847. The molecule has 1 aromatic heterocycles. The third-order valence-corrected chi connectivity index (χ3v) is 2.73. The molecule has 2 aromatic rings. The number of hydrogen-bond acceptors (Lipinski definition) is 2. The first-order valence-electron chi connectivity index (χ1n) is 5.60. The third kappa shape index (κ3) is 2.72. The van der Waals surface area contributed by atoms with Gasteiger partial charge in [0.25, 0.3) is 0 Å². The number of carbonyl (C=O) groups excluding carboxylic acids is 1. The lowest BCUT2D eigenvalue weighted by Gasteiger charge is -2.19. The van der Waals surface area contributed by atoms with Crippen LogP contribution in [-0.4, -0.2) is 17.1 Å². The van der Waals surface area contributed by atoms with Gasteiger partial charge in [0.2, 0.25) is 6.10 Å². The molecule has 3 nitrogen and oxygen atoms in total. The van der Waals surface area contributed by atoms with Crippen LogP contribution < -0.4 is 0 Å². The molecule has 0 radical (unpaired) electrons. The lowest BCUT2D eigenvalue weighted by atomic mass is 10.1. The summed E-state index contributed by atoms with van der Waals surface area (Å²) in [6.45, 7) is 2.74. The number of nitrogens with one attached hydrogen (secondary N) is 1. The number of carbonyl (C=O) groups is 1. The smallest absolute Gasteiger partial charge is 0.429 e. The van der Waals surface area contributed by atoms with Crippen molar-refractivity contribution < 1.29 is 22.7 Å². The molecule has 0 saturated carbocycles. The zero-order chi connectivity index (χ0) is 14.2. The maximum Gasteiger partial charge on any atom is 0.429 e. The Kier molecular flexibility index (Phi) is 3.26. The Morgan fingerprint density at radius 1 is 1.37 bits per heavy atom. The Hall–Kier alpha value is -1.98. The molecule has 2 rings (SSSR count). The number of fused-ring (bicyclic) bond motifs is 1. The molecule has 0 spiro atoms. The van der Waals surface area contributed by atoms with Crippen LogP contribution in [0.1, 0.15) is 24.2 Å². The van der Waals surface area contributed by atoms with Crippen LogP contribution in [0.25, 0.3) is 10.9 Å². The maximum absolute atomic E-state index is 13.0. The fraction of sp³-hybridized carbons (Fsp3) is 0.308. The van der Waals surface area contributed by atoms with Crippen molar-refractivity contribution in [3.63, 3.8) is 0 Å². The molecule has 0 amide bonds. The topological polar surface area (TPSA) is 42.1 Å². The standard InChI is InChI=1S/C13H12F3NO2/c1-7-3-4-11-9(5-7)10(6-17-11)12(13(14,15)16)19-8(2)18/h3-6,12,17H,1-2H3/t12-/m0/s1. The normalized spacial score (nSPS) is 13.5. The summed E-state index contributed by atoms with van der Waals surface area (Å²) in [6.07, 6.45) is -5.67. The number of alkyl halides is 3. The molecule has 102 valence electrons. The van der Waals surface area contributed by atoms with E-state index in [1.165, 1.54) is 6.20 Å². The third-order valence-electron chi connectivity index (χ3n) is 2.73. The molecule has 0 saturated heterocycles. The summed E-state index contributed by atoms with van der Waals surface area (Å²) < 4.78 is 43.4. The largest absolute Gasteiger partial charge is 0.448 e. The number of rotatable bonds is 2. The Morgan fingerprint density at radius 3 is 2.63 bits per heavy atom. The highest BCUT2D eigenvalue weighted by Crippen LogP contribution is 2.39. The minimum atomic E-state index is -4.65. The minimum Gasteiger partial charge on any atom is -0.448 e. The number of ether oxygens (including phenoxy) is 1. The highest BCUT2D eigenvalue weighted by atomic mass is 19.4. The highest BCUT2D eigenvalue weighted by molar-refractivity contribution is 5.84. The SMILES string of the molecule is CC(=O)O[C@@H](c1c[nH]c2ccc(C)cc12)C(F)(F)F. The van der Waals surface area contributed by atoms with Crippen molar-refractivity contribution in [3.05, 3.63) is 35.5 Å². The van der Waals surface area contributed by atoms with Crippen molar-refractivity contribution >= 4 is 16.9 Å². The lowest BCUT2D eigenvalue weighted by Crippen LogP contribution is -2.25. The molecule has 1 atom stereocenters. The highest BCUT2D eigenvalue weighted by Gasteiger charge is 2.44. The molecule has 1 N–H and O–H groups in total. The molecule has 0 fully saturated rings. The number of aromatic amines is 1. The summed E-state index contributed by atoms with van der Waals surface area (Å²) in [5, 5.41) is 0.406. The van der Waals surface area contributed by atoms with E-state index in [0.29, 0.717) is 10.9 Å². The average molecular weight is 271 g/mol. The molecule has 1 heterocycles. The molecular formula is C13H12F3NO2. The monoisotopic (exact) mass is 271 g/mol. The number of H-pyrrole nitrogens is 1. The predicted molar refractivity (Wildman–Crippen MR) is 63.6 cm³/mol. The van der Waals surface area contributed by atoms with E-state index in [-0.39, 0.29) is 5.56 Å². The van der Waals surface area contributed by atoms with Crippen LogP contribution in [0.3, 0.4) is 0 Å². The van der Waals surface area contributed by atoms with E-state index >= 15 is 0 Å². The van der Waals surface area contributed by atoms with Crippen molar-refractivity contribution in [1.29, 1.82) is 0 Å². The van der Waals surface area contributed by atoms with Gasteiger partial charge in [-0.1, -0.05) is 11.6 Å². The van der Waals surface area contributed by atoms with Gasteiger partial charge in [0, 0.05) is 29.6 Å². The van der Waals surface area contributed by atoms with Gasteiger partial charge in [0.1, 0.15) is 0 Å². The molecule has 0 aliphatic rings. The molecule has 0 bridgehead atoms. The number of esters is 1. The first kappa shape index (κ1) is 13.5. The number of aryl methyl sites for hydroxylation is 1. The van der Waals surface area contributed by atoms with Crippen LogP contribution in [0, 0.1) is 6.92 Å². The van der Waals surface area contributed by atoms with E-state index in [1.54, 1.807) is 25.1 Å². The van der Waals surface area contributed by atoms with E-state index in [1.807, 2.05) is 0 Å². The van der Waals surface area contributed by atoms with E-state index in [4.69, 9.17) is 0 Å². The molecule has 0 aliphatic carbocycles. The first-order valence-corrected chi connectivity index (χ1v) is 5.60. The van der Waals surface area contributed by atoms with Crippen LogP contribution in [0.5, 0.6) is 0 Å². The van der Waals surface area contributed by atoms with Crippen molar-refractivity contribution in [2.24, 2.45) is 0 Å². The Bertz CT molecular complexity index is 616. The van der Waals surface area contributed by atoms with Gasteiger partial charge in [-0.2, -0.15) is 13.2 Å². The second kappa shape index (κ2) is 4.60. The molecular weight excluding hydrogens is 259 g/mol. The van der Waals surface area contributed by atoms with Gasteiger partial charge in [0.15, 0.2) is 0 Å². The van der Waals surface area contributed by atoms with Crippen molar-refractivity contribution in [1.82, 2.24) is 4.98 Å². The number of aromatic nitrogens is 1. The molecule has 0 aliphatic heterocycles. The number of halogens is 3. The molecule has 0 unspecified atom stereocenters. The molecule has 6 heteroatoms. The second-order valence-corrected chi connectivity index (χ2v) is 4.32. The van der Waals surface area contributed by atoms with Crippen LogP contribution >= 0.6 is 0 Å². The summed E-state index contributed by atoms with van der Waals surface area (Å²) >= 11 is 0. The van der Waals surface area contributed by atoms with Crippen LogP contribution in [0.2, 0.25) is 0 Å². The van der Waals surface area contributed by atoms with Crippen LogP contribution in [-0.2, 0) is 9.53 Å². The Labute approximate surface area is 107 Å². The molecule has 1 aromatic carbocycles. The fourth-order valence-corrected chi connectivity index (χ4v) is 1.95. The van der Waals surface area contributed by atoms with Crippen LogP contribution in [0.4, 0.5) is 13.2 Å². The van der Waals surface area contributed by atoms with E-state index in [2.05, 4.69) is 9.72 Å². The van der Waals surface area contributed by atoms with Gasteiger partial charge in [-0.3, -0.25) is 4.79 Å². The summed E-state index contributed by atoms with van der Waals surface area (Å²) in [7, 11) is 0. The first-order chi connectivity index (χ1) is 8.79. The Balaban J connectivity index is 2.55. The summed E-state index contributed by atoms with van der Waals surface area (Å²) in [5.41, 5.74) is 1.32. The summed E-state index contributed by atoms with van der Waals surface area (Å²) in [6, 6.07) is 5.11. The van der Waals surface area contributed by atoms with E-state index < -0.39 is 18.2 Å². The summed E-state index contributed by atoms with van der Waals surface area (Å²) in [4.78, 5) is 13.6. The van der Waals surface area contributed by atoms with Crippen molar-refractivity contribution in [3.8, 4) is 0 Å². The van der Waals surface area contributed by atoms with Gasteiger partial charge < -0.3 is 9.72 Å². The molecule has 19 heavy (non-hydrogen) atoms. The van der Waals surface area contributed by atoms with Gasteiger partial charge >= 0.3 is 12.1 Å². The maximum atomic E-state index is 13.0. The van der Waals surface area contributed by atoms with E-state index in [0.717, 1.165) is 12.5 Å². The zero-order valence-electron chi connectivity index (χ0n) is 10.3. The van der Waals surface area contributed by atoms with Crippen LogP contribution in [0.15, 0.2) is 24.4 Å². The van der Waals surface area contributed by atoms with Gasteiger partial charge in [-0.15, -0.1) is 0 Å². The van der Waals surface area contributed by atoms with Gasteiger partial charge in [-0.25, -0.2) is 0 Å². The van der Waals surface area contributed by atoms with Gasteiger partial charge in [0.05, 0.1) is 0 Å². The predicted octanol–water partition coefficient (Wildman–Crippen LogP) is 3.64.